The number of alkyl halides is 4. The average Bonchev–Trinajstić information content (AvgIpc) is 2.67. The van der Waals surface area contributed by atoms with E-state index in [1.165, 1.54) is 0 Å². The zero-order chi connectivity index (χ0) is 15.8. The largest absolute Gasteiger partial charge is 0.389 e. The minimum Gasteiger partial charge on any atom is -0.327 e. The van der Waals surface area contributed by atoms with Crippen molar-refractivity contribution in [3.8, 4) is 0 Å². The fourth-order valence-electron chi connectivity index (χ4n) is 2.12. The second-order valence-electron chi connectivity index (χ2n) is 4.71. The van der Waals surface area contributed by atoms with Crippen molar-refractivity contribution in [1.29, 1.82) is 0 Å². The second-order valence-corrected chi connectivity index (χ2v) is 6.18. The van der Waals surface area contributed by atoms with E-state index < -0.39 is 18.0 Å². The van der Waals surface area contributed by atoms with Crippen LogP contribution in [0.1, 0.15) is 31.0 Å². The van der Waals surface area contributed by atoms with Crippen molar-refractivity contribution in [2.75, 3.05) is 0 Å². The summed E-state index contributed by atoms with van der Waals surface area (Å²) in [5.74, 6) is 0.507. The Hall–Kier alpha value is -0.650. The molecule has 116 valence electrons. The Morgan fingerprint density at radius 1 is 1.24 bits per heavy atom. The monoisotopic (exact) mass is 358 g/mol. The fraction of sp³-hybridized carbons (Fsp3) is 0.462. The summed E-state index contributed by atoms with van der Waals surface area (Å²) < 4.78 is 38.5. The van der Waals surface area contributed by atoms with E-state index in [1.807, 2.05) is 0 Å². The first-order valence-electron chi connectivity index (χ1n) is 6.25. The topological polar surface area (TPSA) is 17.8 Å². The molecule has 1 aromatic heterocycles. The van der Waals surface area contributed by atoms with E-state index in [9.17, 15) is 13.2 Å². The first-order valence-corrected chi connectivity index (χ1v) is 7.44. The Morgan fingerprint density at radius 3 is 2.43 bits per heavy atom. The molecule has 0 N–H and O–H groups in total. The van der Waals surface area contributed by atoms with Crippen molar-refractivity contribution in [2.24, 2.45) is 0 Å². The van der Waals surface area contributed by atoms with Crippen LogP contribution in [0.3, 0.4) is 0 Å². The van der Waals surface area contributed by atoms with E-state index in [0.29, 0.717) is 26.9 Å². The maximum atomic E-state index is 12.3. The van der Waals surface area contributed by atoms with Crippen LogP contribution in [0.15, 0.2) is 12.1 Å². The number of hydrogen-bond donors (Lipinski definition) is 0. The number of aryl methyl sites for hydroxylation is 1. The molecule has 2 rings (SSSR count). The molecule has 0 aliphatic carbocycles. The lowest BCUT2D eigenvalue weighted by molar-refractivity contribution is -0.135. The van der Waals surface area contributed by atoms with Crippen molar-refractivity contribution in [3.05, 3.63) is 28.0 Å². The van der Waals surface area contributed by atoms with E-state index in [1.54, 1.807) is 23.6 Å². The van der Waals surface area contributed by atoms with Crippen LogP contribution >= 0.6 is 34.8 Å². The number of imidazole rings is 1. The molecule has 21 heavy (non-hydrogen) atoms. The molecule has 0 bridgehead atoms. The first kappa shape index (κ1) is 16.7. The summed E-state index contributed by atoms with van der Waals surface area (Å²) in [5.41, 5.74) is 1.20. The van der Waals surface area contributed by atoms with Crippen LogP contribution < -0.4 is 0 Å². The van der Waals surface area contributed by atoms with Gasteiger partial charge in [-0.3, -0.25) is 0 Å². The maximum Gasteiger partial charge on any atom is 0.389 e. The Kier molecular flexibility index (Phi) is 4.96. The van der Waals surface area contributed by atoms with Gasteiger partial charge in [0.25, 0.3) is 0 Å². The minimum absolute atomic E-state index is 0.0498. The number of halogens is 6. The maximum absolute atomic E-state index is 12.3. The summed E-state index contributed by atoms with van der Waals surface area (Å²) in [6, 6.07) is 3.19. The van der Waals surface area contributed by atoms with Crippen LogP contribution in [-0.2, 0) is 6.54 Å². The van der Waals surface area contributed by atoms with Crippen LogP contribution in [0, 0.1) is 0 Å². The van der Waals surface area contributed by atoms with Gasteiger partial charge in [-0.2, -0.15) is 13.2 Å². The van der Waals surface area contributed by atoms with Crippen molar-refractivity contribution in [2.45, 2.75) is 37.9 Å². The number of aromatic nitrogens is 2. The number of hydrogen-bond acceptors (Lipinski definition) is 1. The van der Waals surface area contributed by atoms with Crippen molar-refractivity contribution in [1.82, 2.24) is 9.55 Å². The van der Waals surface area contributed by atoms with E-state index in [-0.39, 0.29) is 13.0 Å². The van der Waals surface area contributed by atoms with Gasteiger partial charge in [0.2, 0.25) is 0 Å². The standard InChI is InChI=1S/C13H12Cl3F3N2/c1-7(14)12-20-10-5-8(15)9(16)6-11(10)21(12)4-2-3-13(17,18)19/h5-7H,2-4H2,1H3. The normalized spacial score (nSPS) is 13.9. The number of benzene rings is 1. The summed E-state index contributed by atoms with van der Waals surface area (Å²) in [6.07, 6.45) is -5.08. The molecule has 0 fully saturated rings. The van der Waals surface area contributed by atoms with E-state index in [2.05, 4.69) is 4.98 Å². The molecule has 0 saturated carbocycles. The van der Waals surface area contributed by atoms with Gasteiger partial charge in [-0.15, -0.1) is 11.6 Å². The molecule has 0 aliphatic rings. The van der Waals surface area contributed by atoms with Crippen LogP contribution in [0.4, 0.5) is 13.2 Å². The van der Waals surface area contributed by atoms with Gasteiger partial charge in [-0.1, -0.05) is 23.2 Å². The highest BCUT2D eigenvalue weighted by atomic mass is 35.5. The Balaban J connectivity index is 2.39. The van der Waals surface area contributed by atoms with E-state index in [0.717, 1.165) is 0 Å². The van der Waals surface area contributed by atoms with Crippen molar-refractivity contribution in [3.63, 3.8) is 0 Å². The third-order valence-corrected chi connectivity index (χ3v) is 3.93. The molecule has 8 heteroatoms. The van der Waals surface area contributed by atoms with Gasteiger partial charge in [0.05, 0.1) is 26.5 Å². The van der Waals surface area contributed by atoms with Crippen LogP contribution in [-0.4, -0.2) is 15.7 Å². The van der Waals surface area contributed by atoms with Crippen LogP contribution in [0.25, 0.3) is 11.0 Å². The van der Waals surface area contributed by atoms with Crippen LogP contribution in [0.2, 0.25) is 10.0 Å². The molecule has 0 aliphatic heterocycles. The van der Waals surface area contributed by atoms with E-state index >= 15 is 0 Å². The summed E-state index contributed by atoms with van der Waals surface area (Å²) in [4.78, 5) is 4.34. The predicted octanol–water partition coefficient (Wildman–Crippen LogP) is 5.99. The molecule has 1 heterocycles. The lowest BCUT2D eigenvalue weighted by atomic mass is 10.2. The van der Waals surface area contributed by atoms with Gasteiger partial charge in [0, 0.05) is 13.0 Å². The minimum atomic E-state index is -4.18. The van der Waals surface area contributed by atoms with Gasteiger partial charge >= 0.3 is 6.18 Å². The SMILES string of the molecule is CC(Cl)c1nc2cc(Cl)c(Cl)cc2n1CCCC(F)(F)F. The number of rotatable bonds is 4. The highest BCUT2D eigenvalue weighted by Crippen LogP contribution is 2.32. The van der Waals surface area contributed by atoms with Gasteiger partial charge < -0.3 is 4.57 Å². The fourth-order valence-corrected chi connectivity index (χ4v) is 2.60. The second kappa shape index (κ2) is 6.23. The summed E-state index contributed by atoms with van der Waals surface area (Å²) in [6.45, 7) is 1.88. The molecule has 1 unspecified atom stereocenters. The van der Waals surface area contributed by atoms with Crippen molar-refractivity contribution < 1.29 is 13.2 Å². The molecule has 0 amide bonds. The quantitative estimate of drug-likeness (QED) is 0.613. The lowest BCUT2D eigenvalue weighted by Gasteiger charge is -2.12. The smallest absolute Gasteiger partial charge is 0.327 e. The highest BCUT2D eigenvalue weighted by molar-refractivity contribution is 6.42. The molecule has 0 radical (unpaired) electrons. The summed E-state index contributed by atoms with van der Waals surface area (Å²) in [5, 5.41) is 0.244. The third-order valence-electron chi connectivity index (χ3n) is 3.02. The molecule has 2 aromatic rings. The third kappa shape index (κ3) is 3.96. The Bertz CT molecular complexity index is 650. The zero-order valence-corrected chi connectivity index (χ0v) is 13.3. The van der Waals surface area contributed by atoms with E-state index in [4.69, 9.17) is 34.8 Å². The molecule has 0 saturated heterocycles. The van der Waals surface area contributed by atoms with Crippen molar-refractivity contribution >= 4 is 45.8 Å². The number of nitrogens with zero attached hydrogens (tertiary/aromatic N) is 2. The summed E-state index contributed by atoms with van der Waals surface area (Å²) in [7, 11) is 0. The molecular weight excluding hydrogens is 348 g/mol. The number of fused-ring (bicyclic) bond motifs is 1. The molecule has 1 aromatic carbocycles. The van der Waals surface area contributed by atoms with Gasteiger partial charge in [0.15, 0.2) is 0 Å². The lowest BCUT2D eigenvalue weighted by Crippen LogP contribution is -2.11. The Morgan fingerprint density at radius 2 is 1.86 bits per heavy atom. The molecule has 1 atom stereocenters. The van der Waals surface area contributed by atoms with Gasteiger partial charge in [0.1, 0.15) is 5.82 Å². The Labute approximate surface area is 134 Å². The average molecular weight is 360 g/mol. The van der Waals surface area contributed by atoms with Gasteiger partial charge in [-0.25, -0.2) is 4.98 Å². The predicted molar refractivity (Wildman–Crippen MR) is 79.3 cm³/mol. The molecule has 0 spiro atoms. The highest BCUT2D eigenvalue weighted by Gasteiger charge is 2.26. The van der Waals surface area contributed by atoms with Crippen LogP contribution in [0.5, 0.6) is 0 Å². The zero-order valence-electron chi connectivity index (χ0n) is 11.0. The summed E-state index contributed by atoms with van der Waals surface area (Å²) >= 11 is 18.0. The van der Waals surface area contributed by atoms with Gasteiger partial charge in [-0.05, 0) is 25.5 Å². The first-order chi connectivity index (χ1) is 9.69. The molecule has 2 nitrogen and oxygen atoms in total. The molecular formula is C13H12Cl3F3N2.